The van der Waals surface area contributed by atoms with E-state index in [1.54, 1.807) is 6.07 Å². The van der Waals surface area contributed by atoms with Gasteiger partial charge in [-0.3, -0.25) is 4.79 Å². The molecule has 2 rings (SSSR count). The molecule has 0 bridgehead atoms. The van der Waals surface area contributed by atoms with Gasteiger partial charge < -0.3 is 5.32 Å². The van der Waals surface area contributed by atoms with Gasteiger partial charge in [0.2, 0.25) is 0 Å². The quantitative estimate of drug-likeness (QED) is 0.817. The molecule has 0 unspecified atom stereocenters. The van der Waals surface area contributed by atoms with Crippen molar-refractivity contribution in [3.8, 4) is 0 Å². The molecular weight excluding hydrogens is 289 g/mol. The molecule has 0 radical (unpaired) electrons. The van der Waals surface area contributed by atoms with Crippen LogP contribution in [0, 0.1) is 5.41 Å². The van der Waals surface area contributed by atoms with Gasteiger partial charge >= 0.3 is 0 Å². The molecule has 1 aliphatic heterocycles. The van der Waals surface area contributed by atoms with Crippen molar-refractivity contribution in [1.29, 1.82) is 0 Å². The van der Waals surface area contributed by atoms with Crippen LogP contribution in [0.25, 0.3) is 0 Å². The fourth-order valence-electron chi connectivity index (χ4n) is 2.50. The number of halogens is 2. The summed E-state index contributed by atoms with van der Waals surface area (Å²) in [6, 6.07) is 1.71. The number of carbonyl (C=O) groups excluding carboxylic acids is 1. The Balaban J connectivity index is 2.23. The molecule has 1 aromatic rings. The van der Waals surface area contributed by atoms with Crippen LogP contribution in [0.3, 0.4) is 0 Å². The number of Topliss-reactive ketones (excluding diaryl/α,β-unsaturated/α-hetero) is 1. The van der Waals surface area contributed by atoms with Crippen molar-refractivity contribution in [2.24, 2.45) is 5.41 Å². The Kier molecular flexibility index (Phi) is 4.70. The van der Waals surface area contributed by atoms with Crippen LogP contribution in [0.1, 0.15) is 42.3 Å². The topological polar surface area (TPSA) is 29.1 Å². The van der Waals surface area contributed by atoms with E-state index in [9.17, 15) is 4.79 Å². The van der Waals surface area contributed by atoms with Crippen LogP contribution in [0.15, 0.2) is 6.07 Å². The first-order valence-electron chi connectivity index (χ1n) is 6.29. The Morgan fingerprint density at radius 3 is 2.83 bits per heavy atom. The molecule has 1 atom stereocenters. The summed E-state index contributed by atoms with van der Waals surface area (Å²) in [6.07, 6.45) is 4.06. The first-order chi connectivity index (χ1) is 8.59. The summed E-state index contributed by atoms with van der Waals surface area (Å²) in [5.74, 6) is 0.208. The molecule has 1 aromatic heterocycles. The molecule has 1 fully saturated rings. The molecule has 5 heteroatoms. The minimum Gasteiger partial charge on any atom is -0.316 e. The molecule has 0 aromatic carbocycles. The monoisotopic (exact) mass is 305 g/mol. The van der Waals surface area contributed by atoms with Crippen LogP contribution in [0.2, 0.25) is 9.36 Å². The van der Waals surface area contributed by atoms with Crippen LogP contribution in [0.4, 0.5) is 0 Å². The highest BCUT2D eigenvalue weighted by atomic mass is 35.5. The summed E-state index contributed by atoms with van der Waals surface area (Å²) in [5, 5.41) is 3.80. The van der Waals surface area contributed by atoms with E-state index < -0.39 is 0 Å². The minimum atomic E-state index is -0.243. The van der Waals surface area contributed by atoms with Crippen molar-refractivity contribution in [2.45, 2.75) is 32.6 Å². The SMILES string of the molecule is CCCC[C@]1(C(=O)c2cc(Cl)c(Cl)s2)CCNC1. The summed E-state index contributed by atoms with van der Waals surface area (Å²) in [5.41, 5.74) is -0.243. The van der Waals surface area contributed by atoms with E-state index >= 15 is 0 Å². The maximum Gasteiger partial charge on any atom is 0.180 e. The third-order valence-electron chi connectivity index (χ3n) is 3.60. The highest BCUT2D eigenvalue weighted by Crippen LogP contribution is 2.40. The van der Waals surface area contributed by atoms with E-state index in [1.165, 1.54) is 11.3 Å². The molecule has 0 spiro atoms. The number of thiophene rings is 1. The van der Waals surface area contributed by atoms with Gasteiger partial charge in [0, 0.05) is 12.0 Å². The van der Waals surface area contributed by atoms with Gasteiger partial charge in [-0.05, 0) is 25.5 Å². The lowest BCUT2D eigenvalue weighted by atomic mass is 9.77. The number of hydrogen-bond acceptors (Lipinski definition) is 3. The van der Waals surface area contributed by atoms with Crippen molar-refractivity contribution in [1.82, 2.24) is 5.32 Å². The first kappa shape index (κ1) is 14.3. The van der Waals surface area contributed by atoms with Crippen LogP contribution in [0.5, 0.6) is 0 Å². The summed E-state index contributed by atoms with van der Waals surface area (Å²) in [7, 11) is 0. The molecule has 0 saturated carbocycles. The van der Waals surface area contributed by atoms with Crippen LogP contribution < -0.4 is 5.32 Å². The van der Waals surface area contributed by atoms with Crippen molar-refractivity contribution >= 4 is 40.3 Å². The Morgan fingerprint density at radius 2 is 2.33 bits per heavy atom. The summed E-state index contributed by atoms with van der Waals surface area (Å²) in [4.78, 5) is 13.4. The predicted molar refractivity (Wildman–Crippen MR) is 78.1 cm³/mol. The highest BCUT2D eigenvalue weighted by molar-refractivity contribution is 7.18. The van der Waals surface area contributed by atoms with Gasteiger partial charge in [0.15, 0.2) is 5.78 Å². The third kappa shape index (κ3) is 2.74. The lowest BCUT2D eigenvalue weighted by Crippen LogP contribution is -2.33. The van der Waals surface area contributed by atoms with Gasteiger partial charge in [-0.2, -0.15) is 0 Å². The number of ketones is 1. The van der Waals surface area contributed by atoms with Gasteiger partial charge in [-0.25, -0.2) is 0 Å². The van der Waals surface area contributed by atoms with Gasteiger partial charge in [0.25, 0.3) is 0 Å². The number of rotatable bonds is 5. The summed E-state index contributed by atoms with van der Waals surface area (Å²) in [6.45, 7) is 3.85. The standard InChI is InChI=1S/C13H17Cl2NOS/c1-2-3-4-13(5-6-16-8-13)11(17)10-7-9(14)12(15)18-10/h7,16H,2-6,8H2,1H3/t13-/m0/s1. The Morgan fingerprint density at radius 1 is 1.56 bits per heavy atom. The van der Waals surface area contributed by atoms with Gasteiger partial charge in [-0.15, -0.1) is 11.3 Å². The zero-order valence-corrected chi connectivity index (χ0v) is 12.7. The summed E-state index contributed by atoms with van der Waals surface area (Å²) < 4.78 is 0.511. The zero-order valence-electron chi connectivity index (χ0n) is 10.4. The van der Waals surface area contributed by atoms with Crippen molar-refractivity contribution < 1.29 is 4.79 Å². The Bertz CT molecular complexity index is 419. The second-order valence-corrected chi connectivity index (χ2v) is 6.93. The number of unbranched alkanes of at least 4 members (excludes halogenated alkanes) is 1. The maximum atomic E-state index is 12.7. The molecule has 18 heavy (non-hydrogen) atoms. The summed E-state index contributed by atoms with van der Waals surface area (Å²) >= 11 is 13.2. The van der Waals surface area contributed by atoms with Crippen molar-refractivity contribution in [3.63, 3.8) is 0 Å². The highest BCUT2D eigenvalue weighted by Gasteiger charge is 2.41. The molecule has 1 saturated heterocycles. The van der Waals surface area contributed by atoms with E-state index in [4.69, 9.17) is 23.2 Å². The lowest BCUT2D eigenvalue weighted by molar-refractivity contribution is 0.0804. The molecule has 2 nitrogen and oxygen atoms in total. The smallest absolute Gasteiger partial charge is 0.180 e. The third-order valence-corrected chi connectivity index (χ3v) is 5.47. The lowest BCUT2D eigenvalue weighted by Gasteiger charge is -2.25. The van der Waals surface area contributed by atoms with Gasteiger partial charge in [-0.1, -0.05) is 43.0 Å². The van der Waals surface area contributed by atoms with E-state index in [0.29, 0.717) is 14.2 Å². The molecule has 0 aliphatic carbocycles. The van der Waals surface area contributed by atoms with Crippen molar-refractivity contribution in [3.05, 3.63) is 20.3 Å². The number of carbonyl (C=O) groups is 1. The van der Waals surface area contributed by atoms with E-state index in [2.05, 4.69) is 12.2 Å². The molecular formula is C13H17Cl2NOS. The normalized spacial score (nSPS) is 23.5. The first-order valence-corrected chi connectivity index (χ1v) is 7.86. The van der Waals surface area contributed by atoms with Crippen LogP contribution in [-0.4, -0.2) is 18.9 Å². The average Bonchev–Trinajstić information content (AvgIpc) is 2.95. The van der Waals surface area contributed by atoms with E-state index in [1.807, 2.05) is 0 Å². The fourth-order valence-corrected chi connectivity index (χ4v) is 3.93. The fraction of sp³-hybridized carbons (Fsp3) is 0.615. The van der Waals surface area contributed by atoms with Crippen LogP contribution >= 0.6 is 34.5 Å². The van der Waals surface area contributed by atoms with Gasteiger partial charge in [0.1, 0.15) is 4.34 Å². The Labute approximate surface area is 122 Å². The largest absolute Gasteiger partial charge is 0.316 e. The molecule has 100 valence electrons. The predicted octanol–water partition coefficient (Wildman–Crippen LogP) is 4.41. The van der Waals surface area contributed by atoms with E-state index in [0.717, 1.165) is 38.8 Å². The molecule has 1 aliphatic rings. The molecule has 1 N–H and O–H groups in total. The molecule has 0 amide bonds. The Hall–Kier alpha value is -0.0900. The maximum absolute atomic E-state index is 12.7. The second-order valence-electron chi connectivity index (χ2n) is 4.87. The second kappa shape index (κ2) is 5.91. The van der Waals surface area contributed by atoms with E-state index in [-0.39, 0.29) is 11.2 Å². The number of nitrogens with one attached hydrogen (secondary N) is 1. The van der Waals surface area contributed by atoms with Crippen LogP contribution in [-0.2, 0) is 0 Å². The number of hydrogen-bond donors (Lipinski definition) is 1. The van der Waals surface area contributed by atoms with Gasteiger partial charge in [0.05, 0.1) is 9.90 Å². The minimum absolute atomic E-state index is 0.208. The molecule has 2 heterocycles. The average molecular weight is 306 g/mol. The van der Waals surface area contributed by atoms with Crippen molar-refractivity contribution in [2.75, 3.05) is 13.1 Å². The zero-order chi connectivity index (χ0) is 13.2.